The van der Waals surface area contributed by atoms with Crippen molar-refractivity contribution in [2.24, 2.45) is 16.5 Å². The Balaban J connectivity index is 2.01. The van der Waals surface area contributed by atoms with Crippen LogP contribution in [0.1, 0.15) is 22.3 Å². The molecule has 5 N–H and O–H groups in total. The third-order valence-electron chi connectivity index (χ3n) is 4.70. The molecule has 2 aromatic carbocycles. The first-order chi connectivity index (χ1) is 14.3. The second-order valence-electron chi connectivity index (χ2n) is 6.80. The van der Waals surface area contributed by atoms with E-state index < -0.39 is 5.97 Å². The maximum atomic E-state index is 13.0. The lowest BCUT2D eigenvalue weighted by atomic mass is 10.0. The van der Waals surface area contributed by atoms with E-state index in [-0.39, 0.29) is 43.8 Å². The van der Waals surface area contributed by atoms with Crippen LogP contribution in [0, 0.1) is 11.8 Å². The monoisotopic (exact) mass is 407 g/mol. The average molecular weight is 407 g/mol. The van der Waals surface area contributed by atoms with Gasteiger partial charge >= 0.3 is 5.97 Å². The Hall–Kier alpha value is -4.06. The maximum Gasteiger partial charge on any atom is 0.305 e. The highest BCUT2D eigenvalue weighted by molar-refractivity contribution is 6.12. The third kappa shape index (κ3) is 4.50. The van der Waals surface area contributed by atoms with Gasteiger partial charge in [-0.2, -0.15) is 0 Å². The molecule has 0 spiro atoms. The molecule has 0 aliphatic carbocycles. The predicted octanol–water partition coefficient (Wildman–Crippen LogP) is 0.358. The predicted molar refractivity (Wildman–Crippen MR) is 113 cm³/mol. The van der Waals surface area contributed by atoms with Crippen molar-refractivity contribution in [2.75, 3.05) is 31.6 Å². The SMILES string of the molecule is CN1C(=O)CN(CCC(=O)O)C(=O)c2cc3cc(C#CCN=C(N)N)ccc3cc21. The fraction of sp³-hybridized carbons (Fsp3) is 0.238. The fourth-order valence-corrected chi connectivity index (χ4v) is 3.14. The minimum atomic E-state index is -1.03. The van der Waals surface area contributed by atoms with Crippen molar-refractivity contribution >= 4 is 40.2 Å². The molecule has 1 aliphatic heterocycles. The number of carboxylic acids is 1. The van der Waals surface area contributed by atoms with Crippen LogP contribution in [0.15, 0.2) is 35.3 Å². The number of nitrogens with zero attached hydrogens (tertiary/aromatic N) is 3. The van der Waals surface area contributed by atoms with Gasteiger partial charge in [-0.15, -0.1) is 0 Å². The summed E-state index contributed by atoms with van der Waals surface area (Å²) in [6, 6.07) is 9.00. The summed E-state index contributed by atoms with van der Waals surface area (Å²) >= 11 is 0. The smallest absolute Gasteiger partial charge is 0.305 e. The largest absolute Gasteiger partial charge is 0.481 e. The van der Waals surface area contributed by atoms with E-state index in [1.807, 2.05) is 18.2 Å². The summed E-state index contributed by atoms with van der Waals surface area (Å²) in [7, 11) is 1.60. The number of carboxylic acid groups (broad SMARTS) is 1. The van der Waals surface area contributed by atoms with Crippen LogP contribution in [0.5, 0.6) is 0 Å². The van der Waals surface area contributed by atoms with E-state index in [0.717, 1.165) is 16.3 Å². The molecular weight excluding hydrogens is 386 g/mol. The van der Waals surface area contributed by atoms with E-state index in [4.69, 9.17) is 16.6 Å². The summed E-state index contributed by atoms with van der Waals surface area (Å²) in [6.45, 7) is -0.0365. The van der Waals surface area contributed by atoms with E-state index in [0.29, 0.717) is 11.3 Å². The first kappa shape index (κ1) is 20.7. The van der Waals surface area contributed by atoms with Crippen molar-refractivity contribution in [3.63, 3.8) is 0 Å². The topological polar surface area (TPSA) is 142 Å². The molecule has 0 atom stereocenters. The maximum absolute atomic E-state index is 13.0. The molecule has 9 heteroatoms. The van der Waals surface area contributed by atoms with Crippen molar-refractivity contribution in [3.8, 4) is 11.8 Å². The van der Waals surface area contributed by atoms with Crippen LogP contribution < -0.4 is 16.4 Å². The molecule has 3 rings (SSSR count). The number of anilines is 1. The van der Waals surface area contributed by atoms with Gasteiger partial charge in [0.2, 0.25) is 5.91 Å². The average Bonchev–Trinajstić information content (AvgIpc) is 2.78. The standard InChI is InChI=1S/C21H21N5O4/c1-25-17-11-14-5-4-13(3-2-7-24-21(22)23)9-15(14)10-16(17)20(30)26(12-18(25)27)8-6-19(28)29/h4-5,9-11H,6-8,12H2,1H3,(H,28,29)(H4,22,23,24). The zero-order valence-electron chi connectivity index (χ0n) is 16.4. The summed E-state index contributed by atoms with van der Waals surface area (Å²) in [4.78, 5) is 42.9. The van der Waals surface area contributed by atoms with Gasteiger partial charge in [0.25, 0.3) is 5.91 Å². The van der Waals surface area contributed by atoms with E-state index in [1.54, 1.807) is 19.2 Å². The van der Waals surface area contributed by atoms with Crippen molar-refractivity contribution < 1.29 is 19.5 Å². The Kier molecular flexibility index (Phi) is 5.88. The van der Waals surface area contributed by atoms with Gasteiger partial charge < -0.3 is 26.4 Å². The summed E-state index contributed by atoms with van der Waals surface area (Å²) in [5, 5.41) is 10.6. The number of benzene rings is 2. The zero-order chi connectivity index (χ0) is 21.8. The van der Waals surface area contributed by atoms with E-state index in [9.17, 15) is 14.4 Å². The van der Waals surface area contributed by atoms with Gasteiger partial charge in [0.05, 0.1) is 17.7 Å². The lowest BCUT2D eigenvalue weighted by Crippen LogP contribution is -2.38. The molecule has 2 aromatic rings. The van der Waals surface area contributed by atoms with Crippen LogP contribution in [0.25, 0.3) is 10.8 Å². The molecule has 30 heavy (non-hydrogen) atoms. The third-order valence-corrected chi connectivity index (χ3v) is 4.70. The fourth-order valence-electron chi connectivity index (χ4n) is 3.14. The molecule has 0 fully saturated rings. The molecule has 0 unspecified atom stereocenters. The van der Waals surface area contributed by atoms with E-state index >= 15 is 0 Å². The Morgan fingerprint density at radius 2 is 1.97 bits per heavy atom. The normalized spacial score (nSPS) is 13.4. The number of amides is 2. The second-order valence-corrected chi connectivity index (χ2v) is 6.80. The highest BCUT2D eigenvalue weighted by Crippen LogP contribution is 2.30. The van der Waals surface area contributed by atoms with Crippen molar-refractivity contribution in [1.29, 1.82) is 0 Å². The number of carbonyl (C=O) groups excluding carboxylic acids is 2. The molecule has 0 aromatic heterocycles. The van der Waals surface area contributed by atoms with Crippen LogP contribution in [0.2, 0.25) is 0 Å². The number of fused-ring (bicyclic) bond motifs is 2. The number of aliphatic carboxylic acids is 1. The van der Waals surface area contributed by atoms with E-state index in [1.165, 1.54) is 9.80 Å². The Labute approximate surface area is 172 Å². The van der Waals surface area contributed by atoms with Crippen molar-refractivity contribution in [3.05, 3.63) is 41.5 Å². The summed E-state index contributed by atoms with van der Waals surface area (Å²) < 4.78 is 0. The van der Waals surface area contributed by atoms with Gasteiger partial charge in [0.15, 0.2) is 5.96 Å². The number of rotatable bonds is 4. The Morgan fingerprint density at radius 3 is 2.67 bits per heavy atom. The minimum absolute atomic E-state index is 0.0323. The molecule has 1 heterocycles. The van der Waals surface area contributed by atoms with Crippen LogP contribution >= 0.6 is 0 Å². The molecule has 9 nitrogen and oxygen atoms in total. The van der Waals surface area contributed by atoms with Crippen LogP contribution in [0.3, 0.4) is 0 Å². The van der Waals surface area contributed by atoms with Crippen molar-refractivity contribution in [2.45, 2.75) is 6.42 Å². The van der Waals surface area contributed by atoms with Gasteiger partial charge in [-0.1, -0.05) is 17.9 Å². The number of hydrogen-bond donors (Lipinski definition) is 3. The summed E-state index contributed by atoms with van der Waals surface area (Å²) in [5.41, 5.74) is 12.1. The van der Waals surface area contributed by atoms with Gasteiger partial charge in [0.1, 0.15) is 13.1 Å². The van der Waals surface area contributed by atoms with Crippen LogP contribution in [-0.4, -0.2) is 60.4 Å². The highest BCUT2D eigenvalue weighted by atomic mass is 16.4. The number of guanidine groups is 1. The number of nitrogens with two attached hydrogens (primary N) is 2. The summed E-state index contributed by atoms with van der Waals surface area (Å²) in [6.07, 6.45) is -0.235. The van der Waals surface area contributed by atoms with Gasteiger partial charge in [-0.05, 0) is 35.0 Å². The summed E-state index contributed by atoms with van der Waals surface area (Å²) in [5.74, 6) is 4.08. The molecule has 0 saturated heterocycles. The van der Waals surface area contributed by atoms with Gasteiger partial charge in [-0.25, -0.2) is 4.99 Å². The van der Waals surface area contributed by atoms with E-state index in [2.05, 4.69) is 16.8 Å². The molecular formula is C21H21N5O4. The number of hydrogen-bond acceptors (Lipinski definition) is 4. The second kappa shape index (κ2) is 8.53. The zero-order valence-corrected chi connectivity index (χ0v) is 16.4. The first-order valence-electron chi connectivity index (χ1n) is 9.16. The Morgan fingerprint density at radius 1 is 1.20 bits per heavy atom. The molecule has 0 radical (unpaired) electrons. The first-order valence-corrected chi connectivity index (χ1v) is 9.16. The number of carbonyl (C=O) groups is 3. The van der Waals surface area contributed by atoms with Gasteiger partial charge in [-0.3, -0.25) is 14.4 Å². The minimum Gasteiger partial charge on any atom is -0.481 e. The van der Waals surface area contributed by atoms with Crippen molar-refractivity contribution in [1.82, 2.24) is 4.90 Å². The number of likely N-dealkylation sites (N-methyl/N-ethyl adjacent to an activating group) is 1. The highest BCUT2D eigenvalue weighted by Gasteiger charge is 2.30. The lowest BCUT2D eigenvalue weighted by molar-refractivity contribution is -0.137. The molecule has 0 saturated carbocycles. The van der Waals surface area contributed by atoms with Crippen LogP contribution in [-0.2, 0) is 9.59 Å². The van der Waals surface area contributed by atoms with Gasteiger partial charge in [0, 0.05) is 19.2 Å². The number of aliphatic imine (C=N–C) groups is 1. The van der Waals surface area contributed by atoms with Crippen LogP contribution in [0.4, 0.5) is 5.69 Å². The molecule has 2 amide bonds. The Bertz CT molecular complexity index is 1130. The quantitative estimate of drug-likeness (QED) is 0.379. The molecule has 0 bridgehead atoms. The lowest BCUT2D eigenvalue weighted by Gasteiger charge is -2.18. The molecule has 1 aliphatic rings. The molecule has 154 valence electrons.